The number of aryl methyl sites for hydroxylation is 1. The molecule has 0 fully saturated rings. The molecule has 1 unspecified atom stereocenters. The number of methoxy groups -OCH3 is 1. The van der Waals surface area contributed by atoms with Crippen molar-refractivity contribution >= 4 is 11.6 Å². The van der Waals surface area contributed by atoms with Crippen molar-refractivity contribution in [2.24, 2.45) is 0 Å². The van der Waals surface area contributed by atoms with Crippen molar-refractivity contribution in [3.05, 3.63) is 64.7 Å². The molecule has 1 atom stereocenters. The summed E-state index contributed by atoms with van der Waals surface area (Å²) < 4.78 is 5.27. The molecule has 0 heterocycles. The van der Waals surface area contributed by atoms with E-state index in [-0.39, 0.29) is 0 Å². The van der Waals surface area contributed by atoms with Gasteiger partial charge in [0.25, 0.3) is 0 Å². The SMILES string of the molecule is COc1cccc(C(C)NCCCCc2ccccc2Cl)c1. The maximum absolute atomic E-state index is 6.17. The smallest absolute Gasteiger partial charge is 0.119 e. The van der Waals surface area contributed by atoms with E-state index in [4.69, 9.17) is 16.3 Å². The minimum absolute atomic E-state index is 0.329. The maximum atomic E-state index is 6.17. The fourth-order valence-corrected chi connectivity index (χ4v) is 2.72. The lowest BCUT2D eigenvalue weighted by molar-refractivity contribution is 0.413. The van der Waals surface area contributed by atoms with Crippen molar-refractivity contribution in [1.29, 1.82) is 0 Å². The van der Waals surface area contributed by atoms with Gasteiger partial charge >= 0.3 is 0 Å². The Morgan fingerprint density at radius 2 is 1.91 bits per heavy atom. The van der Waals surface area contributed by atoms with Crippen LogP contribution in [0.3, 0.4) is 0 Å². The zero-order chi connectivity index (χ0) is 15.8. The van der Waals surface area contributed by atoms with Crippen LogP contribution in [-0.4, -0.2) is 13.7 Å². The van der Waals surface area contributed by atoms with Crippen LogP contribution in [0.25, 0.3) is 0 Å². The minimum Gasteiger partial charge on any atom is -0.497 e. The molecule has 2 nitrogen and oxygen atoms in total. The van der Waals surface area contributed by atoms with E-state index >= 15 is 0 Å². The molecular weight excluding hydrogens is 294 g/mol. The zero-order valence-electron chi connectivity index (χ0n) is 13.3. The largest absolute Gasteiger partial charge is 0.497 e. The molecule has 2 aromatic rings. The van der Waals surface area contributed by atoms with E-state index in [1.165, 1.54) is 11.1 Å². The fourth-order valence-electron chi connectivity index (χ4n) is 2.49. The van der Waals surface area contributed by atoms with Gasteiger partial charge in [-0.25, -0.2) is 0 Å². The van der Waals surface area contributed by atoms with Crippen LogP contribution in [0.4, 0.5) is 0 Å². The number of nitrogens with one attached hydrogen (secondary N) is 1. The third-order valence-electron chi connectivity index (χ3n) is 3.88. The van der Waals surface area contributed by atoms with Crippen LogP contribution < -0.4 is 10.1 Å². The Kier molecular flexibility index (Phi) is 6.75. The summed E-state index contributed by atoms with van der Waals surface area (Å²) in [6.45, 7) is 3.19. The minimum atomic E-state index is 0.329. The molecule has 2 aromatic carbocycles. The Morgan fingerprint density at radius 3 is 2.68 bits per heavy atom. The standard InChI is InChI=1S/C19H24ClNO/c1-15(17-10-7-11-18(14-17)22-2)21-13-6-5-9-16-8-3-4-12-19(16)20/h3-4,7-8,10-12,14-15,21H,5-6,9,13H2,1-2H3. The topological polar surface area (TPSA) is 21.3 Å². The molecule has 0 amide bonds. The van der Waals surface area contributed by atoms with E-state index < -0.39 is 0 Å². The highest BCUT2D eigenvalue weighted by Crippen LogP contribution is 2.19. The van der Waals surface area contributed by atoms with Gasteiger partial charge in [-0.1, -0.05) is 41.9 Å². The summed E-state index contributed by atoms with van der Waals surface area (Å²) in [4.78, 5) is 0. The van der Waals surface area contributed by atoms with Crippen LogP contribution in [0.5, 0.6) is 5.75 Å². The third kappa shape index (κ3) is 5.04. The van der Waals surface area contributed by atoms with E-state index in [0.29, 0.717) is 6.04 Å². The van der Waals surface area contributed by atoms with Gasteiger partial charge in [-0.3, -0.25) is 0 Å². The summed E-state index contributed by atoms with van der Waals surface area (Å²) in [5, 5.41) is 4.44. The number of hydrogen-bond acceptors (Lipinski definition) is 2. The van der Waals surface area contributed by atoms with Gasteiger partial charge in [0.05, 0.1) is 7.11 Å². The van der Waals surface area contributed by atoms with Crippen molar-refractivity contribution in [2.75, 3.05) is 13.7 Å². The summed E-state index contributed by atoms with van der Waals surface area (Å²) >= 11 is 6.17. The fraction of sp³-hybridized carbons (Fsp3) is 0.368. The second-order valence-corrected chi connectivity index (χ2v) is 5.91. The quantitative estimate of drug-likeness (QED) is 0.690. The third-order valence-corrected chi connectivity index (χ3v) is 4.24. The Balaban J connectivity index is 1.71. The second kappa shape index (κ2) is 8.82. The lowest BCUT2D eigenvalue weighted by Gasteiger charge is -2.15. The average molecular weight is 318 g/mol. The Bertz CT molecular complexity index is 585. The molecule has 118 valence electrons. The molecule has 0 aromatic heterocycles. The van der Waals surface area contributed by atoms with Crippen molar-refractivity contribution in [3.63, 3.8) is 0 Å². The van der Waals surface area contributed by atoms with E-state index in [2.05, 4.69) is 30.4 Å². The van der Waals surface area contributed by atoms with Crippen molar-refractivity contribution in [1.82, 2.24) is 5.32 Å². The number of hydrogen-bond donors (Lipinski definition) is 1. The van der Waals surface area contributed by atoms with Gasteiger partial charge in [0.2, 0.25) is 0 Å². The molecule has 0 bridgehead atoms. The van der Waals surface area contributed by atoms with E-state index in [0.717, 1.165) is 36.6 Å². The van der Waals surface area contributed by atoms with Gasteiger partial charge < -0.3 is 10.1 Å². The van der Waals surface area contributed by atoms with Gasteiger partial charge in [0.1, 0.15) is 5.75 Å². The second-order valence-electron chi connectivity index (χ2n) is 5.50. The monoisotopic (exact) mass is 317 g/mol. The number of ether oxygens (including phenoxy) is 1. The van der Waals surface area contributed by atoms with Crippen LogP contribution in [0.15, 0.2) is 48.5 Å². The first-order chi connectivity index (χ1) is 10.7. The van der Waals surface area contributed by atoms with Crippen LogP contribution >= 0.6 is 11.6 Å². The first-order valence-corrected chi connectivity index (χ1v) is 8.19. The summed E-state index contributed by atoms with van der Waals surface area (Å²) in [6.07, 6.45) is 3.32. The molecule has 0 aliphatic rings. The molecule has 0 radical (unpaired) electrons. The van der Waals surface area contributed by atoms with E-state index in [1.807, 2.05) is 30.3 Å². The number of rotatable bonds is 8. The predicted molar refractivity (Wildman–Crippen MR) is 93.8 cm³/mol. The lowest BCUT2D eigenvalue weighted by atomic mass is 10.1. The van der Waals surface area contributed by atoms with Crippen LogP contribution in [0.2, 0.25) is 5.02 Å². The van der Waals surface area contributed by atoms with Crippen LogP contribution in [-0.2, 0) is 6.42 Å². The van der Waals surface area contributed by atoms with Crippen LogP contribution in [0.1, 0.15) is 36.9 Å². The molecule has 22 heavy (non-hydrogen) atoms. The average Bonchev–Trinajstić information content (AvgIpc) is 2.56. The Labute approximate surface area is 138 Å². The van der Waals surface area contributed by atoms with Gasteiger partial charge in [0.15, 0.2) is 0 Å². The van der Waals surface area contributed by atoms with Crippen molar-refractivity contribution in [2.45, 2.75) is 32.2 Å². The number of benzene rings is 2. The highest BCUT2D eigenvalue weighted by Gasteiger charge is 2.05. The first kappa shape index (κ1) is 16.9. The van der Waals surface area contributed by atoms with Gasteiger partial charge in [-0.05, 0) is 62.1 Å². The number of unbranched alkanes of at least 4 members (excludes halogenated alkanes) is 1. The molecule has 1 N–H and O–H groups in total. The molecular formula is C19H24ClNO. The van der Waals surface area contributed by atoms with Gasteiger partial charge in [-0.15, -0.1) is 0 Å². The molecule has 0 saturated carbocycles. The van der Waals surface area contributed by atoms with E-state index in [9.17, 15) is 0 Å². The normalized spacial score (nSPS) is 12.1. The molecule has 3 heteroatoms. The summed E-state index contributed by atoms with van der Waals surface area (Å²) in [6, 6.07) is 16.6. The van der Waals surface area contributed by atoms with E-state index in [1.54, 1.807) is 7.11 Å². The highest BCUT2D eigenvalue weighted by atomic mass is 35.5. The molecule has 0 aliphatic heterocycles. The predicted octanol–water partition coefficient (Wildman–Crippen LogP) is 5.02. The Morgan fingerprint density at radius 1 is 1.09 bits per heavy atom. The first-order valence-electron chi connectivity index (χ1n) is 7.81. The molecule has 0 spiro atoms. The molecule has 0 saturated heterocycles. The van der Waals surface area contributed by atoms with Gasteiger partial charge in [0, 0.05) is 11.1 Å². The summed E-state index contributed by atoms with van der Waals surface area (Å²) in [5.74, 6) is 0.907. The van der Waals surface area contributed by atoms with Crippen molar-refractivity contribution < 1.29 is 4.74 Å². The van der Waals surface area contributed by atoms with Crippen molar-refractivity contribution in [3.8, 4) is 5.75 Å². The van der Waals surface area contributed by atoms with Crippen LogP contribution in [0, 0.1) is 0 Å². The van der Waals surface area contributed by atoms with Gasteiger partial charge in [-0.2, -0.15) is 0 Å². The molecule has 0 aliphatic carbocycles. The summed E-state index contributed by atoms with van der Waals surface area (Å²) in [5.41, 5.74) is 2.50. The zero-order valence-corrected chi connectivity index (χ0v) is 14.1. The summed E-state index contributed by atoms with van der Waals surface area (Å²) in [7, 11) is 1.70. The lowest BCUT2D eigenvalue weighted by Crippen LogP contribution is -2.20. The number of halogens is 1. The Hall–Kier alpha value is -1.51. The highest BCUT2D eigenvalue weighted by molar-refractivity contribution is 6.31. The molecule has 2 rings (SSSR count). The maximum Gasteiger partial charge on any atom is 0.119 e.